The van der Waals surface area contributed by atoms with Crippen molar-refractivity contribution < 1.29 is 18.4 Å². The Morgan fingerprint density at radius 3 is 2.76 bits per heavy atom. The van der Waals surface area contributed by atoms with Gasteiger partial charge >= 0.3 is 0 Å². The van der Waals surface area contributed by atoms with Crippen molar-refractivity contribution in [3.8, 4) is 11.3 Å². The average molecular weight is 404 g/mol. The summed E-state index contributed by atoms with van der Waals surface area (Å²) in [6.45, 7) is 4.45. The SMILES string of the molecule is C[C@H](c1ncc(-c2ccc(F)cc2F)[nH]1)C(CC(=O)N1CCCC[C@@H]1C)C(N)=O. The number of amides is 2. The van der Waals surface area contributed by atoms with Gasteiger partial charge in [0.05, 0.1) is 17.8 Å². The first-order valence-electron chi connectivity index (χ1n) is 9.87. The Labute approximate surface area is 168 Å². The van der Waals surface area contributed by atoms with Gasteiger partial charge in [0.1, 0.15) is 17.5 Å². The first-order valence-corrected chi connectivity index (χ1v) is 9.87. The molecule has 0 spiro atoms. The normalized spacial score (nSPS) is 19.0. The number of aromatic nitrogens is 2. The first-order chi connectivity index (χ1) is 13.8. The number of hydrogen-bond acceptors (Lipinski definition) is 3. The van der Waals surface area contributed by atoms with Gasteiger partial charge in [-0.05, 0) is 38.3 Å². The van der Waals surface area contributed by atoms with Gasteiger partial charge in [-0.25, -0.2) is 13.8 Å². The van der Waals surface area contributed by atoms with Crippen LogP contribution in [0.1, 0.15) is 51.3 Å². The molecule has 1 saturated heterocycles. The number of nitrogens with two attached hydrogens (primary N) is 1. The molecule has 0 bridgehead atoms. The van der Waals surface area contributed by atoms with Crippen LogP contribution in [0.2, 0.25) is 0 Å². The lowest BCUT2D eigenvalue weighted by Gasteiger charge is -2.34. The van der Waals surface area contributed by atoms with Crippen molar-refractivity contribution in [3.63, 3.8) is 0 Å². The molecule has 0 aliphatic carbocycles. The van der Waals surface area contributed by atoms with Gasteiger partial charge in [-0.15, -0.1) is 0 Å². The van der Waals surface area contributed by atoms with Crippen molar-refractivity contribution in [1.82, 2.24) is 14.9 Å². The molecule has 1 aromatic heterocycles. The molecule has 2 heterocycles. The van der Waals surface area contributed by atoms with Gasteiger partial charge in [-0.2, -0.15) is 0 Å². The zero-order valence-electron chi connectivity index (χ0n) is 16.6. The average Bonchev–Trinajstić information content (AvgIpc) is 3.15. The second-order valence-electron chi connectivity index (χ2n) is 7.74. The number of nitrogens with one attached hydrogen (secondary N) is 1. The second-order valence-corrected chi connectivity index (χ2v) is 7.74. The summed E-state index contributed by atoms with van der Waals surface area (Å²) >= 11 is 0. The van der Waals surface area contributed by atoms with Crippen LogP contribution in [0.4, 0.5) is 8.78 Å². The zero-order valence-corrected chi connectivity index (χ0v) is 16.6. The highest BCUT2D eigenvalue weighted by Crippen LogP contribution is 2.29. The molecular weight excluding hydrogens is 378 g/mol. The van der Waals surface area contributed by atoms with E-state index in [4.69, 9.17) is 5.73 Å². The third-order valence-corrected chi connectivity index (χ3v) is 5.73. The number of nitrogens with zero attached hydrogens (tertiary/aromatic N) is 2. The van der Waals surface area contributed by atoms with Crippen LogP contribution >= 0.6 is 0 Å². The summed E-state index contributed by atoms with van der Waals surface area (Å²) in [6, 6.07) is 3.42. The van der Waals surface area contributed by atoms with Crippen molar-refractivity contribution >= 4 is 11.8 Å². The number of halogens is 2. The van der Waals surface area contributed by atoms with Gasteiger partial charge in [0.15, 0.2) is 0 Å². The standard InChI is InChI=1S/C21H26F2N4O2/c1-12-5-3-4-8-27(12)19(28)10-16(20(24)29)13(2)21-25-11-18(26-21)15-7-6-14(22)9-17(15)23/h6-7,9,11-13,16H,3-5,8,10H2,1-2H3,(H2,24,29)(H,25,26)/t12-,13-,16?/m0/s1. The summed E-state index contributed by atoms with van der Waals surface area (Å²) in [5.74, 6) is -2.84. The van der Waals surface area contributed by atoms with Crippen LogP contribution in [0.5, 0.6) is 0 Å². The smallest absolute Gasteiger partial charge is 0.223 e. The van der Waals surface area contributed by atoms with Crippen LogP contribution in [0.15, 0.2) is 24.4 Å². The molecule has 3 rings (SSSR count). The number of primary amides is 1. The number of imidazole rings is 1. The number of benzene rings is 1. The summed E-state index contributed by atoms with van der Waals surface area (Å²) < 4.78 is 27.2. The number of carbonyl (C=O) groups excluding carboxylic acids is 2. The number of aromatic amines is 1. The topological polar surface area (TPSA) is 92.1 Å². The highest BCUT2D eigenvalue weighted by molar-refractivity contribution is 5.85. The summed E-state index contributed by atoms with van der Waals surface area (Å²) in [7, 11) is 0. The zero-order chi connectivity index (χ0) is 21.1. The fourth-order valence-corrected chi connectivity index (χ4v) is 3.90. The molecule has 156 valence electrons. The Hall–Kier alpha value is -2.77. The van der Waals surface area contributed by atoms with E-state index in [0.29, 0.717) is 18.1 Å². The number of H-pyrrole nitrogens is 1. The van der Waals surface area contributed by atoms with Crippen molar-refractivity contribution in [2.24, 2.45) is 11.7 Å². The third kappa shape index (κ3) is 4.63. The molecule has 3 atom stereocenters. The summed E-state index contributed by atoms with van der Waals surface area (Å²) in [6.07, 6.45) is 4.43. The van der Waals surface area contributed by atoms with Crippen LogP contribution in [0, 0.1) is 17.6 Å². The molecule has 1 aliphatic heterocycles. The van der Waals surface area contributed by atoms with Gasteiger partial charge in [0.25, 0.3) is 0 Å². The van der Waals surface area contributed by atoms with Gasteiger partial charge in [0, 0.05) is 36.6 Å². The van der Waals surface area contributed by atoms with Crippen LogP contribution in [-0.4, -0.2) is 39.3 Å². The molecule has 1 aromatic carbocycles. The first kappa shape index (κ1) is 21.0. The van der Waals surface area contributed by atoms with Gasteiger partial charge in [-0.3, -0.25) is 9.59 Å². The van der Waals surface area contributed by atoms with E-state index in [-0.39, 0.29) is 23.9 Å². The Kier molecular flexibility index (Phi) is 6.30. The van der Waals surface area contributed by atoms with Gasteiger partial charge < -0.3 is 15.6 Å². The quantitative estimate of drug-likeness (QED) is 0.773. The molecule has 0 radical (unpaired) electrons. The maximum atomic E-state index is 14.0. The number of carbonyl (C=O) groups is 2. The maximum Gasteiger partial charge on any atom is 0.223 e. The monoisotopic (exact) mass is 404 g/mol. The lowest BCUT2D eigenvalue weighted by atomic mass is 9.88. The summed E-state index contributed by atoms with van der Waals surface area (Å²) in [4.78, 5) is 33.9. The fourth-order valence-electron chi connectivity index (χ4n) is 3.90. The summed E-state index contributed by atoms with van der Waals surface area (Å²) in [5.41, 5.74) is 6.13. The maximum absolute atomic E-state index is 14.0. The Balaban J connectivity index is 1.77. The predicted molar refractivity (Wildman–Crippen MR) is 105 cm³/mol. The van der Waals surface area contributed by atoms with E-state index < -0.39 is 29.4 Å². The highest BCUT2D eigenvalue weighted by atomic mass is 19.1. The molecule has 2 aromatic rings. The molecule has 1 unspecified atom stereocenters. The number of piperidine rings is 1. The van der Waals surface area contributed by atoms with Crippen molar-refractivity contribution in [2.45, 2.75) is 51.5 Å². The third-order valence-electron chi connectivity index (χ3n) is 5.73. The molecular formula is C21H26F2N4O2. The van der Waals surface area contributed by atoms with E-state index in [1.165, 1.54) is 12.3 Å². The molecule has 1 aliphatic rings. The molecule has 3 N–H and O–H groups in total. The fraction of sp³-hybridized carbons (Fsp3) is 0.476. The molecule has 8 heteroatoms. The Morgan fingerprint density at radius 1 is 1.34 bits per heavy atom. The van der Waals surface area contributed by atoms with Crippen LogP contribution < -0.4 is 5.73 Å². The van der Waals surface area contributed by atoms with E-state index in [1.54, 1.807) is 6.92 Å². The van der Waals surface area contributed by atoms with E-state index in [1.807, 2.05) is 11.8 Å². The lowest BCUT2D eigenvalue weighted by Crippen LogP contribution is -2.44. The van der Waals surface area contributed by atoms with E-state index >= 15 is 0 Å². The molecule has 2 amide bonds. The number of rotatable bonds is 6. The minimum absolute atomic E-state index is 0.00177. The Bertz CT molecular complexity index is 899. The van der Waals surface area contributed by atoms with Crippen molar-refractivity contribution in [1.29, 1.82) is 0 Å². The minimum atomic E-state index is -0.742. The minimum Gasteiger partial charge on any atom is -0.369 e. The van der Waals surface area contributed by atoms with E-state index in [0.717, 1.165) is 31.4 Å². The largest absolute Gasteiger partial charge is 0.369 e. The van der Waals surface area contributed by atoms with Crippen molar-refractivity contribution in [2.75, 3.05) is 6.54 Å². The van der Waals surface area contributed by atoms with Gasteiger partial charge in [-0.1, -0.05) is 6.92 Å². The Morgan fingerprint density at radius 2 is 2.10 bits per heavy atom. The molecule has 1 fully saturated rings. The summed E-state index contributed by atoms with van der Waals surface area (Å²) in [5, 5.41) is 0. The lowest BCUT2D eigenvalue weighted by molar-refractivity contribution is -0.138. The number of hydrogen-bond donors (Lipinski definition) is 2. The predicted octanol–water partition coefficient (Wildman–Crippen LogP) is 3.35. The van der Waals surface area contributed by atoms with Crippen LogP contribution in [-0.2, 0) is 9.59 Å². The number of likely N-dealkylation sites (tertiary alicyclic amines) is 1. The van der Waals surface area contributed by atoms with E-state index in [2.05, 4.69) is 9.97 Å². The van der Waals surface area contributed by atoms with Crippen LogP contribution in [0.3, 0.4) is 0 Å². The van der Waals surface area contributed by atoms with Crippen molar-refractivity contribution in [3.05, 3.63) is 41.9 Å². The molecule has 29 heavy (non-hydrogen) atoms. The second kappa shape index (κ2) is 8.71. The van der Waals surface area contributed by atoms with E-state index in [9.17, 15) is 18.4 Å². The molecule has 0 saturated carbocycles. The van der Waals surface area contributed by atoms with Crippen LogP contribution in [0.25, 0.3) is 11.3 Å². The van der Waals surface area contributed by atoms with Gasteiger partial charge in [0.2, 0.25) is 11.8 Å². The molecule has 6 nitrogen and oxygen atoms in total. The highest BCUT2D eigenvalue weighted by Gasteiger charge is 2.32.